The highest BCUT2D eigenvalue weighted by Crippen LogP contribution is 2.22. The SMILES string of the molecule is CCN(CC)C(CNC(=O)c1ccc(=O)[nH]c1)c1ccc(OC)cc1. The Balaban J connectivity index is 2.13. The molecule has 0 radical (unpaired) electrons. The molecular weight excluding hydrogens is 318 g/mol. The number of benzene rings is 1. The van der Waals surface area contributed by atoms with Crippen molar-refractivity contribution >= 4 is 5.91 Å². The van der Waals surface area contributed by atoms with E-state index in [0.29, 0.717) is 12.1 Å². The third-order valence-electron chi connectivity index (χ3n) is 4.26. The Kier molecular flexibility index (Phi) is 6.77. The zero-order valence-electron chi connectivity index (χ0n) is 14.9. The highest BCUT2D eigenvalue weighted by molar-refractivity contribution is 5.93. The molecule has 0 aliphatic carbocycles. The van der Waals surface area contributed by atoms with Crippen molar-refractivity contribution < 1.29 is 9.53 Å². The highest BCUT2D eigenvalue weighted by Gasteiger charge is 2.19. The van der Waals surface area contributed by atoms with Gasteiger partial charge >= 0.3 is 0 Å². The van der Waals surface area contributed by atoms with Crippen LogP contribution in [0, 0.1) is 0 Å². The van der Waals surface area contributed by atoms with E-state index < -0.39 is 0 Å². The fourth-order valence-corrected chi connectivity index (χ4v) is 2.79. The molecule has 0 saturated carbocycles. The van der Waals surface area contributed by atoms with Crippen molar-refractivity contribution in [2.45, 2.75) is 19.9 Å². The van der Waals surface area contributed by atoms with Crippen LogP contribution in [0.25, 0.3) is 0 Å². The van der Waals surface area contributed by atoms with Crippen molar-refractivity contribution in [1.82, 2.24) is 15.2 Å². The van der Waals surface area contributed by atoms with E-state index in [1.807, 2.05) is 24.3 Å². The molecule has 1 heterocycles. The van der Waals surface area contributed by atoms with Crippen LogP contribution in [0.1, 0.15) is 35.8 Å². The minimum Gasteiger partial charge on any atom is -0.497 e. The van der Waals surface area contributed by atoms with Crippen LogP contribution < -0.4 is 15.6 Å². The first kappa shape index (κ1) is 18.7. The molecule has 134 valence electrons. The van der Waals surface area contributed by atoms with Crippen molar-refractivity contribution in [3.05, 3.63) is 64.1 Å². The molecule has 2 N–H and O–H groups in total. The Morgan fingerprint density at radius 1 is 1.16 bits per heavy atom. The van der Waals surface area contributed by atoms with Gasteiger partial charge in [-0.05, 0) is 36.9 Å². The number of nitrogens with zero attached hydrogens (tertiary/aromatic N) is 1. The summed E-state index contributed by atoms with van der Waals surface area (Å²) in [6, 6.07) is 10.8. The van der Waals surface area contributed by atoms with E-state index in [9.17, 15) is 9.59 Å². The maximum atomic E-state index is 12.3. The van der Waals surface area contributed by atoms with Crippen LogP contribution in [0.2, 0.25) is 0 Å². The predicted octanol–water partition coefficient (Wildman–Crippen LogP) is 2.20. The van der Waals surface area contributed by atoms with Gasteiger partial charge in [-0.25, -0.2) is 0 Å². The third kappa shape index (κ3) is 4.93. The summed E-state index contributed by atoms with van der Waals surface area (Å²) in [5.41, 5.74) is 1.33. The molecule has 0 fully saturated rings. The van der Waals surface area contributed by atoms with Crippen LogP contribution in [0.3, 0.4) is 0 Å². The lowest BCUT2D eigenvalue weighted by Crippen LogP contribution is -2.38. The van der Waals surface area contributed by atoms with Crippen molar-refractivity contribution in [3.63, 3.8) is 0 Å². The molecule has 0 bridgehead atoms. The zero-order chi connectivity index (χ0) is 18.2. The summed E-state index contributed by atoms with van der Waals surface area (Å²) in [5, 5.41) is 2.96. The minimum absolute atomic E-state index is 0.0626. The van der Waals surface area contributed by atoms with Crippen LogP contribution in [-0.4, -0.2) is 42.5 Å². The molecule has 1 unspecified atom stereocenters. The van der Waals surface area contributed by atoms with Crippen molar-refractivity contribution in [1.29, 1.82) is 0 Å². The quantitative estimate of drug-likeness (QED) is 0.770. The van der Waals surface area contributed by atoms with Gasteiger partial charge in [0.25, 0.3) is 5.91 Å². The van der Waals surface area contributed by atoms with E-state index in [2.05, 4.69) is 29.0 Å². The van der Waals surface area contributed by atoms with Crippen LogP contribution in [0.4, 0.5) is 0 Å². The van der Waals surface area contributed by atoms with Crippen LogP contribution in [0.15, 0.2) is 47.4 Å². The summed E-state index contributed by atoms with van der Waals surface area (Å²) in [6.45, 7) is 6.43. The Bertz CT molecular complexity index is 716. The van der Waals surface area contributed by atoms with Crippen molar-refractivity contribution in [3.8, 4) is 5.75 Å². The topological polar surface area (TPSA) is 74.4 Å². The van der Waals surface area contributed by atoms with Gasteiger partial charge < -0.3 is 15.0 Å². The zero-order valence-corrected chi connectivity index (χ0v) is 14.9. The van der Waals surface area contributed by atoms with Gasteiger partial charge in [-0.2, -0.15) is 0 Å². The first-order valence-electron chi connectivity index (χ1n) is 8.44. The lowest BCUT2D eigenvalue weighted by molar-refractivity contribution is 0.0934. The number of aromatic amines is 1. The van der Waals surface area contributed by atoms with E-state index in [1.165, 1.54) is 18.3 Å². The number of carbonyl (C=O) groups excluding carboxylic acids is 1. The van der Waals surface area contributed by atoms with Crippen LogP contribution in [-0.2, 0) is 0 Å². The van der Waals surface area contributed by atoms with Crippen LogP contribution >= 0.6 is 0 Å². The lowest BCUT2D eigenvalue weighted by Gasteiger charge is -2.30. The van der Waals surface area contributed by atoms with Gasteiger partial charge in [0.1, 0.15) is 5.75 Å². The fraction of sp³-hybridized carbons (Fsp3) is 0.368. The third-order valence-corrected chi connectivity index (χ3v) is 4.26. The molecule has 0 spiro atoms. The van der Waals surface area contributed by atoms with Crippen molar-refractivity contribution in [2.24, 2.45) is 0 Å². The second-order valence-electron chi connectivity index (χ2n) is 5.66. The number of methoxy groups -OCH3 is 1. The maximum absolute atomic E-state index is 12.3. The largest absolute Gasteiger partial charge is 0.497 e. The van der Waals surface area contributed by atoms with Gasteiger partial charge in [-0.15, -0.1) is 0 Å². The molecule has 2 aromatic rings. The van der Waals surface area contributed by atoms with E-state index in [4.69, 9.17) is 4.74 Å². The Hall–Kier alpha value is -2.60. The average molecular weight is 343 g/mol. The Labute approximate surface area is 147 Å². The smallest absolute Gasteiger partial charge is 0.252 e. The summed E-state index contributed by atoms with van der Waals surface area (Å²) < 4.78 is 5.22. The molecule has 6 nitrogen and oxygen atoms in total. The maximum Gasteiger partial charge on any atom is 0.252 e. The lowest BCUT2D eigenvalue weighted by atomic mass is 10.0. The average Bonchev–Trinajstić information content (AvgIpc) is 2.65. The molecule has 25 heavy (non-hydrogen) atoms. The molecular formula is C19H25N3O3. The van der Waals surface area contributed by atoms with E-state index in [-0.39, 0.29) is 17.5 Å². The van der Waals surface area contributed by atoms with Gasteiger partial charge in [0.05, 0.1) is 18.7 Å². The number of hydrogen-bond donors (Lipinski definition) is 2. The fourth-order valence-electron chi connectivity index (χ4n) is 2.79. The summed E-state index contributed by atoms with van der Waals surface area (Å²) in [6.07, 6.45) is 1.43. The summed E-state index contributed by atoms with van der Waals surface area (Å²) in [5.74, 6) is 0.598. The van der Waals surface area contributed by atoms with Gasteiger partial charge in [-0.3, -0.25) is 14.5 Å². The summed E-state index contributed by atoms with van der Waals surface area (Å²) in [7, 11) is 1.64. The number of H-pyrrole nitrogens is 1. The molecule has 0 aliphatic heterocycles. The normalized spacial score (nSPS) is 12.0. The molecule has 0 saturated heterocycles. The second-order valence-corrected chi connectivity index (χ2v) is 5.66. The monoisotopic (exact) mass is 343 g/mol. The van der Waals surface area contributed by atoms with Gasteiger partial charge in [0.2, 0.25) is 5.56 Å². The first-order valence-corrected chi connectivity index (χ1v) is 8.44. The summed E-state index contributed by atoms with van der Waals surface area (Å²) >= 11 is 0. The number of ether oxygens (including phenoxy) is 1. The number of likely N-dealkylation sites (N-methyl/N-ethyl adjacent to an activating group) is 1. The van der Waals surface area contributed by atoms with E-state index in [1.54, 1.807) is 7.11 Å². The standard InChI is InChI=1S/C19H25N3O3/c1-4-22(5-2)17(14-6-9-16(25-3)10-7-14)13-21-19(24)15-8-11-18(23)20-12-15/h6-12,17H,4-5,13H2,1-3H3,(H,20,23)(H,21,24). The predicted molar refractivity (Wildman–Crippen MR) is 98.1 cm³/mol. The first-order chi connectivity index (χ1) is 12.1. The number of rotatable bonds is 8. The molecule has 1 aromatic carbocycles. The molecule has 6 heteroatoms. The summed E-state index contributed by atoms with van der Waals surface area (Å²) in [4.78, 5) is 28.2. The number of amides is 1. The molecule has 1 amide bonds. The number of pyridine rings is 1. The molecule has 0 aliphatic rings. The van der Waals surface area contributed by atoms with Gasteiger partial charge in [0.15, 0.2) is 0 Å². The van der Waals surface area contributed by atoms with Gasteiger partial charge in [-0.1, -0.05) is 26.0 Å². The Morgan fingerprint density at radius 3 is 2.36 bits per heavy atom. The number of aromatic nitrogens is 1. The molecule has 2 rings (SSSR count). The van der Waals surface area contributed by atoms with Gasteiger partial charge in [0, 0.05) is 18.8 Å². The van der Waals surface area contributed by atoms with Crippen LogP contribution in [0.5, 0.6) is 5.75 Å². The Morgan fingerprint density at radius 2 is 1.84 bits per heavy atom. The van der Waals surface area contributed by atoms with E-state index in [0.717, 1.165) is 24.4 Å². The second kappa shape index (κ2) is 9.03. The molecule has 1 aromatic heterocycles. The molecule has 1 atom stereocenters. The highest BCUT2D eigenvalue weighted by atomic mass is 16.5. The van der Waals surface area contributed by atoms with Crippen molar-refractivity contribution in [2.75, 3.05) is 26.7 Å². The number of carbonyl (C=O) groups is 1. The number of nitrogens with one attached hydrogen (secondary N) is 2. The minimum atomic E-state index is -0.226. The number of hydrogen-bond acceptors (Lipinski definition) is 4. The van der Waals surface area contributed by atoms with E-state index >= 15 is 0 Å².